The van der Waals surface area contributed by atoms with Crippen molar-refractivity contribution < 1.29 is 9.50 Å². The molecular formula is C14H20FNO. The number of hydrogen-bond acceptors (Lipinski definition) is 2. The third-order valence-electron chi connectivity index (χ3n) is 3.54. The SMILES string of the molecule is CC(C)(C)N1C[C@H](c2ccc(F)cc2)[C@@H](O)C1. The Morgan fingerprint density at radius 3 is 2.24 bits per heavy atom. The molecule has 17 heavy (non-hydrogen) atoms. The number of likely N-dealkylation sites (tertiary alicyclic amines) is 1. The third kappa shape index (κ3) is 2.67. The van der Waals surface area contributed by atoms with Crippen LogP contribution in [0.15, 0.2) is 24.3 Å². The van der Waals surface area contributed by atoms with Gasteiger partial charge in [-0.05, 0) is 38.5 Å². The van der Waals surface area contributed by atoms with Gasteiger partial charge in [0.05, 0.1) is 6.10 Å². The van der Waals surface area contributed by atoms with E-state index in [1.807, 2.05) is 0 Å². The molecule has 0 aliphatic carbocycles. The van der Waals surface area contributed by atoms with Gasteiger partial charge in [0.2, 0.25) is 0 Å². The van der Waals surface area contributed by atoms with Crippen LogP contribution in [0.4, 0.5) is 4.39 Å². The minimum absolute atomic E-state index is 0.0652. The summed E-state index contributed by atoms with van der Waals surface area (Å²) in [5.41, 5.74) is 1.08. The molecule has 0 unspecified atom stereocenters. The van der Waals surface area contributed by atoms with E-state index in [0.29, 0.717) is 6.54 Å². The summed E-state index contributed by atoms with van der Waals surface area (Å²) in [5, 5.41) is 10.1. The number of benzene rings is 1. The molecule has 1 aromatic carbocycles. The zero-order valence-electron chi connectivity index (χ0n) is 10.7. The number of hydrogen-bond donors (Lipinski definition) is 1. The summed E-state index contributed by atoms with van der Waals surface area (Å²) < 4.78 is 12.9. The summed E-state index contributed by atoms with van der Waals surface area (Å²) >= 11 is 0. The van der Waals surface area contributed by atoms with Crippen LogP contribution in [-0.2, 0) is 0 Å². The molecule has 2 rings (SSSR count). The van der Waals surface area contributed by atoms with Gasteiger partial charge in [0.25, 0.3) is 0 Å². The van der Waals surface area contributed by atoms with Gasteiger partial charge in [-0.15, -0.1) is 0 Å². The highest BCUT2D eigenvalue weighted by Gasteiger charge is 2.37. The molecule has 1 aromatic rings. The first-order valence-electron chi connectivity index (χ1n) is 6.06. The molecule has 2 nitrogen and oxygen atoms in total. The van der Waals surface area contributed by atoms with Crippen LogP contribution in [-0.4, -0.2) is 34.7 Å². The van der Waals surface area contributed by atoms with Gasteiger partial charge in [0.1, 0.15) is 5.82 Å². The predicted octanol–water partition coefficient (Wildman–Crippen LogP) is 2.38. The van der Waals surface area contributed by atoms with Crippen molar-refractivity contribution in [3.8, 4) is 0 Å². The normalized spacial score (nSPS) is 26.4. The third-order valence-corrected chi connectivity index (χ3v) is 3.54. The summed E-state index contributed by atoms with van der Waals surface area (Å²) in [6.07, 6.45) is -0.361. The zero-order chi connectivity index (χ0) is 12.6. The molecule has 1 aliphatic heterocycles. The highest BCUT2D eigenvalue weighted by molar-refractivity contribution is 5.24. The average molecular weight is 237 g/mol. The highest BCUT2D eigenvalue weighted by atomic mass is 19.1. The van der Waals surface area contributed by atoms with E-state index in [2.05, 4.69) is 25.7 Å². The Hall–Kier alpha value is -0.930. The second-order valence-corrected chi connectivity index (χ2v) is 5.80. The highest BCUT2D eigenvalue weighted by Crippen LogP contribution is 2.31. The van der Waals surface area contributed by atoms with Crippen LogP contribution in [0.2, 0.25) is 0 Å². The summed E-state index contributed by atoms with van der Waals surface area (Å²) in [5.74, 6) is -0.135. The first-order valence-corrected chi connectivity index (χ1v) is 6.06. The zero-order valence-corrected chi connectivity index (χ0v) is 10.7. The second kappa shape index (κ2) is 4.39. The van der Waals surface area contributed by atoms with Crippen molar-refractivity contribution in [2.24, 2.45) is 0 Å². The van der Waals surface area contributed by atoms with Crippen LogP contribution >= 0.6 is 0 Å². The molecule has 2 atom stereocenters. The summed E-state index contributed by atoms with van der Waals surface area (Å²) in [7, 11) is 0. The van der Waals surface area contributed by atoms with Gasteiger partial charge in [0.15, 0.2) is 0 Å². The molecule has 3 heteroatoms. The van der Waals surface area contributed by atoms with E-state index >= 15 is 0 Å². The Balaban J connectivity index is 2.16. The number of β-amino-alcohol motifs (C(OH)–C–C–N with tert-alkyl or cyclic N) is 1. The van der Waals surface area contributed by atoms with E-state index in [1.165, 1.54) is 12.1 Å². The maximum absolute atomic E-state index is 12.9. The van der Waals surface area contributed by atoms with E-state index in [1.54, 1.807) is 12.1 Å². The lowest BCUT2D eigenvalue weighted by Gasteiger charge is -2.31. The van der Waals surface area contributed by atoms with Crippen LogP contribution in [0.3, 0.4) is 0 Å². The minimum atomic E-state index is -0.361. The van der Waals surface area contributed by atoms with E-state index in [-0.39, 0.29) is 23.4 Å². The Kier molecular flexibility index (Phi) is 3.23. The van der Waals surface area contributed by atoms with Gasteiger partial charge in [-0.3, -0.25) is 4.90 Å². The van der Waals surface area contributed by atoms with Crippen molar-refractivity contribution in [2.75, 3.05) is 13.1 Å². The molecular weight excluding hydrogens is 217 g/mol. The van der Waals surface area contributed by atoms with Crippen LogP contribution in [0, 0.1) is 5.82 Å². The lowest BCUT2D eigenvalue weighted by Crippen LogP contribution is -2.40. The van der Waals surface area contributed by atoms with E-state index < -0.39 is 0 Å². The number of halogens is 1. The van der Waals surface area contributed by atoms with Crippen molar-refractivity contribution in [1.29, 1.82) is 0 Å². The van der Waals surface area contributed by atoms with E-state index in [0.717, 1.165) is 12.1 Å². The molecule has 0 aromatic heterocycles. The standard InChI is InChI=1S/C14H20FNO/c1-14(2,3)16-8-12(13(17)9-16)10-4-6-11(15)7-5-10/h4-7,12-13,17H,8-9H2,1-3H3/t12-,13+/m1/s1. The van der Waals surface area contributed by atoms with Gasteiger partial charge in [-0.25, -0.2) is 4.39 Å². The molecule has 1 fully saturated rings. The number of aliphatic hydroxyl groups is 1. The van der Waals surface area contributed by atoms with E-state index in [9.17, 15) is 9.50 Å². The molecule has 1 aliphatic rings. The summed E-state index contributed by atoms with van der Waals surface area (Å²) in [6.45, 7) is 7.95. The van der Waals surface area contributed by atoms with Crippen LogP contribution in [0.5, 0.6) is 0 Å². The summed E-state index contributed by atoms with van der Waals surface area (Å²) in [4.78, 5) is 2.27. The molecule has 94 valence electrons. The molecule has 0 radical (unpaired) electrons. The Morgan fingerprint density at radius 1 is 1.18 bits per heavy atom. The average Bonchev–Trinajstić information content (AvgIpc) is 2.61. The van der Waals surface area contributed by atoms with Crippen LogP contribution in [0.1, 0.15) is 32.3 Å². The largest absolute Gasteiger partial charge is 0.391 e. The Morgan fingerprint density at radius 2 is 1.76 bits per heavy atom. The van der Waals surface area contributed by atoms with Crippen molar-refractivity contribution in [1.82, 2.24) is 4.90 Å². The number of rotatable bonds is 1. The quantitative estimate of drug-likeness (QED) is 0.810. The Bertz CT molecular complexity index is 382. The maximum atomic E-state index is 12.9. The molecule has 1 heterocycles. The smallest absolute Gasteiger partial charge is 0.123 e. The molecule has 1 saturated heterocycles. The molecule has 0 saturated carbocycles. The predicted molar refractivity (Wildman–Crippen MR) is 66.5 cm³/mol. The topological polar surface area (TPSA) is 23.5 Å². The van der Waals surface area contributed by atoms with E-state index in [4.69, 9.17) is 0 Å². The lowest BCUT2D eigenvalue weighted by molar-refractivity contribution is 0.127. The first-order chi connectivity index (χ1) is 7.88. The fourth-order valence-electron chi connectivity index (χ4n) is 2.37. The van der Waals surface area contributed by atoms with Gasteiger partial charge >= 0.3 is 0 Å². The van der Waals surface area contributed by atoms with Crippen LogP contribution in [0.25, 0.3) is 0 Å². The fraction of sp³-hybridized carbons (Fsp3) is 0.571. The van der Waals surface area contributed by atoms with Gasteiger partial charge in [0, 0.05) is 24.5 Å². The van der Waals surface area contributed by atoms with Crippen molar-refractivity contribution >= 4 is 0 Å². The van der Waals surface area contributed by atoms with Crippen molar-refractivity contribution in [3.63, 3.8) is 0 Å². The number of nitrogens with zero attached hydrogens (tertiary/aromatic N) is 1. The molecule has 0 spiro atoms. The van der Waals surface area contributed by atoms with Gasteiger partial charge in [-0.2, -0.15) is 0 Å². The van der Waals surface area contributed by atoms with Crippen molar-refractivity contribution in [3.05, 3.63) is 35.6 Å². The maximum Gasteiger partial charge on any atom is 0.123 e. The number of aliphatic hydroxyl groups excluding tert-OH is 1. The van der Waals surface area contributed by atoms with Gasteiger partial charge < -0.3 is 5.11 Å². The van der Waals surface area contributed by atoms with Gasteiger partial charge in [-0.1, -0.05) is 12.1 Å². The van der Waals surface area contributed by atoms with Crippen molar-refractivity contribution in [2.45, 2.75) is 38.3 Å². The minimum Gasteiger partial charge on any atom is -0.391 e. The second-order valence-electron chi connectivity index (χ2n) is 5.80. The first kappa shape index (κ1) is 12.5. The van der Waals surface area contributed by atoms with Crippen LogP contribution < -0.4 is 0 Å². The molecule has 0 amide bonds. The summed E-state index contributed by atoms with van der Waals surface area (Å²) in [6, 6.07) is 6.47. The fourth-order valence-corrected chi connectivity index (χ4v) is 2.37. The molecule has 0 bridgehead atoms. The lowest BCUT2D eigenvalue weighted by atomic mass is 9.96. The molecule has 1 N–H and O–H groups in total. The monoisotopic (exact) mass is 237 g/mol. The Labute approximate surface area is 102 Å².